The average Bonchev–Trinajstić information content (AvgIpc) is 3.19. The third kappa shape index (κ3) is 2.99. The molecule has 6 heteroatoms. The summed E-state index contributed by atoms with van der Waals surface area (Å²) in [6.45, 7) is 0.939. The second-order valence-electron chi connectivity index (χ2n) is 6.58. The summed E-state index contributed by atoms with van der Waals surface area (Å²) < 4.78 is 0. The third-order valence-corrected chi connectivity index (χ3v) is 4.77. The van der Waals surface area contributed by atoms with Crippen LogP contribution in [0.3, 0.4) is 0 Å². The lowest BCUT2D eigenvalue weighted by molar-refractivity contribution is 0.0759. The minimum Gasteiger partial charge on any atom is -0.391 e. The summed E-state index contributed by atoms with van der Waals surface area (Å²) in [5.74, 6) is 0.514. The highest BCUT2D eigenvalue weighted by Crippen LogP contribution is 2.39. The van der Waals surface area contributed by atoms with Gasteiger partial charge in [-0.05, 0) is 43.0 Å². The molecule has 2 atom stereocenters. The first-order valence-corrected chi connectivity index (χ1v) is 8.12. The summed E-state index contributed by atoms with van der Waals surface area (Å²) in [5, 5.41) is 17.4. The Morgan fingerprint density at radius 3 is 2.83 bits per heavy atom. The van der Waals surface area contributed by atoms with Crippen molar-refractivity contribution in [1.29, 1.82) is 0 Å². The Hall–Kier alpha value is -2.21. The highest BCUT2D eigenvalue weighted by atomic mass is 16.3. The first-order valence-electron chi connectivity index (χ1n) is 8.12. The Morgan fingerprint density at radius 2 is 2.09 bits per heavy atom. The number of aliphatic hydroxyl groups excluding tert-OH is 1. The van der Waals surface area contributed by atoms with Gasteiger partial charge < -0.3 is 10.0 Å². The van der Waals surface area contributed by atoms with Crippen LogP contribution in [0.15, 0.2) is 30.6 Å². The molecule has 0 radical (unpaired) electrons. The summed E-state index contributed by atoms with van der Waals surface area (Å²) in [4.78, 5) is 18.3. The van der Waals surface area contributed by atoms with Crippen molar-refractivity contribution in [2.45, 2.75) is 31.3 Å². The standard InChI is InChI=1S/C17H20N4O2/c22-16-10-21(9-13(16)7-11-3-5-18-6-4-11)17(23)15-8-14(19-20-15)12-1-2-12/h3-6,8,12-13,16,22H,1-2,7,9-10H2,(H,19,20). The van der Waals surface area contributed by atoms with Gasteiger partial charge in [-0.1, -0.05) is 0 Å². The van der Waals surface area contributed by atoms with Crippen molar-refractivity contribution in [1.82, 2.24) is 20.1 Å². The lowest BCUT2D eigenvalue weighted by Crippen LogP contribution is -2.29. The molecular weight excluding hydrogens is 292 g/mol. The highest BCUT2D eigenvalue weighted by molar-refractivity contribution is 5.92. The number of rotatable bonds is 4. The predicted octanol–water partition coefficient (Wildman–Crippen LogP) is 1.36. The van der Waals surface area contributed by atoms with Crippen molar-refractivity contribution in [3.63, 3.8) is 0 Å². The zero-order valence-corrected chi connectivity index (χ0v) is 12.9. The molecule has 1 aliphatic carbocycles. The number of H-pyrrole nitrogens is 1. The molecule has 0 aromatic carbocycles. The maximum absolute atomic E-state index is 12.6. The van der Waals surface area contributed by atoms with E-state index in [0.717, 1.165) is 17.7 Å². The fourth-order valence-corrected chi connectivity index (χ4v) is 3.25. The molecule has 2 aromatic rings. The van der Waals surface area contributed by atoms with E-state index in [1.165, 1.54) is 12.8 Å². The van der Waals surface area contributed by atoms with Gasteiger partial charge in [-0.2, -0.15) is 5.10 Å². The number of aromatic amines is 1. The van der Waals surface area contributed by atoms with E-state index in [1.807, 2.05) is 18.2 Å². The third-order valence-electron chi connectivity index (χ3n) is 4.77. The topological polar surface area (TPSA) is 82.1 Å². The number of pyridine rings is 1. The van der Waals surface area contributed by atoms with Crippen LogP contribution in [0, 0.1) is 5.92 Å². The smallest absolute Gasteiger partial charge is 0.274 e. The van der Waals surface area contributed by atoms with Crippen LogP contribution in [0.2, 0.25) is 0 Å². The summed E-state index contributed by atoms with van der Waals surface area (Å²) in [6.07, 6.45) is 6.11. The normalized spacial score (nSPS) is 24.1. The molecule has 2 aromatic heterocycles. The van der Waals surface area contributed by atoms with Crippen molar-refractivity contribution < 1.29 is 9.90 Å². The van der Waals surface area contributed by atoms with Gasteiger partial charge in [-0.25, -0.2) is 0 Å². The molecule has 23 heavy (non-hydrogen) atoms. The van der Waals surface area contributed by atoms with Crippen molar-refractivity contribution in [2.75, 3.05) is 13.1 Å². The minimum absolute atomic E-state index is 0.0585. The molecule has 0 bridgehead atoms. The molecule has 2 fully saturated rings. The first-order chi connectivity index (χ1) is 11.2. The molecule has 4 rings (SSSR count). The second-order valence-corrected chi connectivity index (χ2v) is 6.58. The monoisotopic (exact) mass is 312 g/mol. The number of carbonyl (C=O) groups is 1. The molecule has 0 spiro atoms. The fourth-order valence-electron chi connectivity index (χ4n) is 3.25. The maximum atomic E-state index is 12.6. The van der Waals surface area contributed by atoms with E-state index in [0.29, 0.717) is 24.7 Å². The van der Waals surface area contributed by atoms with Crippen LogP contribution in [-0.2, 0) is 6.42 Å². The van der Waals surface area contributed by atoms with Crippen LogP contribution in [0.4, 0.5) is 0 Å². The largest absolute Gasteiger partial charge is 0.391 e. The molecule has 1 saturated carbocycles. The van der Waals surface area contributed by atoms with Crippen LogP contribution >= 0.6 is 0 Å². The van der Waals surface area contributed by atoms with E-state index in [4.69, 9.17) is 0 Å². The van der Waals surface area contributed by atoms with E-state index in [-0.39, 0.29) is 11.8 Å². The predicted molar refractivity (Wildman–Crippen MR) is 83.9 cm³/mol. The summed E-state index contributed by atoms with van der Waals surface area (Å²) >= 11 is 0. The van der Waals surface area contributed by atoms with Crippen LogP contribution < -0.4 is 0 Å². The number of amides is 1. The number of carbonyl (C=O) groups excluding carboxylic acids is 1. The number of aliphatic hydroxyl groups is 1. The van der Waals surface area contributed by atoms with Crippen molar-refractivity contribution in [2.24, 2.45) is 5.92 Å². The van der Waals surface area contributed by atoms with E-state index in [2.05, 4.69) is 15.2 Å². The Labute approximate surface area is 134 Å². The number of likely N-dealkylation sites (tertiary alicyclic amines) is 1. The molecule has 1 aliphatic heterocycles. The van der Waals surface area contributed by atoms with Gasteiger partial charge in [-0.3, -0.25) is 14.9 Å². The Kier molecular flexibility index (Phi) is 3.61. The van der Waals surface area contributed by atoms with Gasteiger partial charge >= 0.3 is 0 Å². The number of hydrogen-bond acceptors (Lipinski definition) is 4. The van der Waals surface area contributed by atoms with Crippen LogP contribution in [0.5, 0.6) is 0 Å². The van der Waals surface area contributed by atoms with Crippen molar-refractivity contribution in [3.05, 3.63) is 47.5 Å². The highest BCUT2D eigenvalue weighted by Gasteiger charge is 2.35. The lowest BCUT2D eigenvalue weighted by atomic mass is 9.97. The molecule has 3 heterocycles. The Bertz CT molecular complexity index is 696. The zero-order valence-electron chi connectivity index (χ0n) is 12.9. The SMILES string of the molecule is O=C(c1cc(C2CC2)[nH]n1)N1CC(O)C(Cc2ccncc2)C1. The molecule has 2 N–H and O–H groups in total. The molecule has 2 unspecified atom stereocenters. The van der Waals surface area contributed by atoms with Gasteiger partial charge in [0, 0.05) is 43.0 Å². The summed E-state index contributed by atoms with van der Waals surface area (Å²) in [7, 11) is 0. The molecule has 1 amide bonds. The summed E-state index contributed by atoms with van der Waals surface area (Å²) in [6, 6.07) is 5.77. The molecule has 6 nitrogen and oxygen atoms in total. The second kappa shape index (κ2) is 5.77. The molecular formula is C17H20N4O2. The Morgan fingerprint density at radius 1 is 1.30 bits per heavy atom. The summed E-state index contributed by atoms with van der Waals surface area (Å²) in [5.41, 5.74) is 2.65. The van der Waals surface area contributed by atoms with E-state index < -0.39 is 6.10 Å². The quantitative estimate of drug-likeness (QED) is 0.893. The number of aromatic nitrogens is 3. The van der Waals surface area contributed by atoms with E-state index >= 15 is 0 Å². The van der Waals surface area contributed by atoms with Crippen molar-refractivity contribution in [3.8, 4) is 0 Å². The van der Waals surface area contributed by atoms with Crippen LogP contribution in [-0.4, -0.2) is 50.3 Å². The van der Waals surface area contributed by atoms with Gasteiger partial charge in [0.15, 0.2) is 0 Å². The number of nitrogens with one attached hydrogen (secondary N) is 1. The van der Waals surface area contributed by atoms with Gasteiger partial charge in [0.25, 0.3) is 5.91 Å². The first kappa shape index (κ1) is 14.4. The molecule has 120 valence electrons. The van der Waals surface area contributed by atoms with Crippen molar-refractivity contribution >= 4 is 5.91 Å². The number of nitrogens with zero attached hydrogens (tertiary/aromatic N) is 3. The fraction of sp³-hybridized carbons (Fsp3) is 0.471. The van der Waals surface area contributed by atoms with Crippen LogP contribution in [0.1, 0.15) is 40.5 Å². The van der Waals surface area contributed by atoms with E-state index in [1.54, 1.807) is 17.3 Å². The average molecular weight is 312 g/mol. The minimum atomic E-state index is -0.492. The number of hydrogen-bond donors (Lipinski definition) is 2. The zero-order chi connectivity index (χ0) is 15.8. The van der Waals surface area contributed by atoms with E-state index in [9.17, 15) is 9.90 Å². The van der Waals surface area contributed by atoms with Gasteiger partial charge in [0.1, 0.15) is 5.69 Å². The van der Waals surface area contributed by atoms with Gasteiger partial charge in [0.2, 0.25) is 0 Å². The lowest BCUT2D eigenvalue weighted by Gasteiger charge is -2.14. The van der Waals surface area contributed by atoms with Gasteiger partial charge in [0.05, 0.1) is 6.10 Å². The molecule has 2 aliphatic rings. The maximum Gasteiger partial charge on any atom is 0.274 e. The van der Waals surface area contributed by atoms with Gasteiger partial charge in [-0.15, -0.1) is 0 Å². The Balaban J connectivity index is 1.42. The van der Waals surface area contributed by atoms with Crippen LogP contribution in [0.25, 0.3) is 0 Å². The molecule has 1 saturated heterocycles. The number of β-amino-alcohol motifs (C(OH)–C–C–N with tert-alkyl or cyclic N) is 1.